The van der Waals surface area contributed by atoms with Gasteiger partial charge in [-0.25, -0.2) is 0 Å². The Morgan fingerprint density at radius 2 is 2.00 bits per heavy atom. The lowest BCUT2D eigenvalue weighted by Gasteiger charge is -2.05. The summed E-state index contributed by atoms with van der Waals surface area (Å²) >= 11 is 0. The number of hydrogen-bond donors (Lipinski definition) is 3. The second-order valence-electron chi connectivity index (χ2n) is 4.37. The van der Waals surface area contributed by atoms with Crippen molar-refractivity contribution in [1.29, 1.82) is 0 Å². The van der Waals surface area contributed by atoms with E-state index in [0.29, 0.717) is 24.2 Å². The second-order valence-corrected chi connectivity index (χ2v) is 4.37. The Labute approximate surface area is 113 Å². The molecule has 0 saturated heterocycles. The number of carbonyl (C=O) groups is 2. The molecule has 104 valence electrons. The predicted molar refractivity (Wildman–Crippen MR) is 75.7 cm³/mol. The Balaban J connectivity index is 2.16. The standard InChI is InChI=1S/C14H21N3O2/c1-16-13(18)8-3-2-4-9-17-14(19)11-6-5-7-12(15)10-11/h5-7,10H,2-4,8-9,15H2,1H3,(H,16,18)(H,17,19). The molecule has 1 aromatic carbocycles. The van der Waals surface area contributed by atoms with Crippen LogP contribution in [-0.2, 0) is 4.79 Å². The second kappa shape index (κ2) is 8.13. The lowest BCUT2D eigenvalue weighted by molar-refractivity contribution is -0.120. The van der Waals surface area contributed by atoms with Gasteiger partial charge in [-0.05, 0) is 31.0 Å². The molecular weight excluding hydrogens is 242 g/mol. The molecule has 4 N–H and O–H groups in total. The fraction of sp³-hybridized carbons (Fsp3) is 0.429. The minimum absolute atomic E-state index is 0.0591. The molecule has 5 heteroatoms. The van der Waals surface area contributed by atoms with Crippen LogP contribution in [0.5, 0.6) is 0 Å². The summed E-state index contributed by atoms with van der Waals surface area (Å²) in [5, 5.41) is 5.41. The maximum absolute atomic E-state index is 11.8. The molecule has 0 heterocycles. The number of unbranched alkanes of at least 4 members (excludes halogenated alkanes) is 2. The van der Waals surface area contributed by atoms with Crippen LogP contribution >= 0.6 is 0 Å². The van der Waals surface area contributed by atoms with Gasteiger partial charge < -0.3 is 16.4 Å². The Bertz CT molecular complexity index is 432. The van der Waals surface area contributed by atoms with Gasteiger partial charge >= 0.3 is 0 Å². The average molecular weight is 263 g/mol. The summed E-state index contributed by atoms with van der Waals surface area (Å²) < 4.78 is 0. The molecule has 0 atom stereocenters. The van der Waals surface area contributed by atoms with Crippen molar-refractivity contribution in [2.75, 3.05) is 19.3 Å². The molecule has 2 amide bonds. The van der Waals surface area contributed by atoms with E-state index in [1.165, 1.54) is 0 Å². The van der Waals surface area contributed by atoms with E-state index in [9.17, 15) is 9.59 Å². The highest BCUT2D eigenvalue weighted by Gasteiger charge is 2.04. The van der Waals surface area contributed by atoms with E-state index in [4.69, 9.17) is 5.73 Å². The largest absolute Gasteiger partial charge is 0.399 e. The monoisotopic (exact) mass is 263 g/mol. The lowest BCUT2D eigenvalue weighted by Crippen LogP contribution is -2.24. The van der Waals surface area contributed by atoms with Crippen molar-refractivity contribution in [2.45, 2.75) is 25.7 Å². The molecule has 0 aliphatic rings. The van der Waals surface area contributed by atoms with Crippen molar-refractivity contribution in [1.82, 2.24) is 10.6 Å². The van der Waals surface area contributed by atoms with E-state index in [0.717, 1.165) is 19.3 Å². The summed E-state index contributed by atoms with van der Waals surface area (Å²) in [4.78, 5) is 22.7. The summed E-state index contributed by atoms with van der Waals surface area (Å²) in [6.07, 6.45) is 3.17. The Morgan fingerprint density at radius 3 is 2.68 bits per heavy atom. The summed E-state index contributed by atoms with van der Waals surface area (Å²) in [7, 11) is 1.63. The zero-order valence-electron chi connectivity index (χ0n) is 11.2. The number of benzene rings is 1. The zero-order valence-corrected chi connectivity index (χ0v) is 11.2. The lowest BCUT2D eigenvalue weighted by atomic mass is 10.1. The van der Waals surface area contributed by atoms with Crippen LogP contribution in [0.25, 0.3) is 0 Å². The zero-order chi connectivity index (χ0) is 14.1. The molecule has 0 bridgehead atoms. The molecule has 0 saturated carbocycles. The van der Waals surface area contributed by atoms with E-state index in [1.54, 1.807) is 31.3 Å². The van der Waals surface area contributed by atoms with Crippen LogP contribution in [0.3, 0.4) is 0 Å². The van der Waals surface area contributed by atoms with Gasteiger partial charge in [-0.1, -0.05) is 12.5 Å². The molecule has 0 radical (unpaired) electrons. The third-order valence-corrected chi connectivity index (χ3v) is 2.79. The molecule has 0 aromatic heterocycles. The maximum atomic E-state index is 11.8. The van der Waals surface area contributed by atoms with Crippen LogP contribution in [0.2, 0.25) is 0 Å². The van der Waals surface area contributed by atoms with Gasteiger partial charge in [0.05, 0.1) is 0 Å². The van der Waals surface area contributed by atoms with Crippen LogP contribution in [0.15, 0.2) is 24.3 Å². The number of nitrogen functional groups attached to an aromatic ring is 1. The van der Waals surface area contributed by atoms with Crippen molar-refractivity contribution in [3.05, 3.63) is 29.8 Å². The molecule has 0 spiro atoms. The van der Waals surface area contributed by atoms with E-state index >= 15 is 0 Å². The van der Waals surface area contributed by atoms with Crippen molar-refractivity contribution >= 4 is 17.5 Å². The van der Waals surface area contributed by atoms with E-state index in [2.05, 4.69) is 10.6 Å². The van der Waals surface area contributed by atoms with Crippen molar-refractivity contribution in [3.8, 4) is 0 Å². The predicted octanol–water partition coefficient (Wildman–Crippen LogP) is 1.30. The molecular formula is C14H21N3O2. The Kier molecular flexibility index (Phi) is 6.43. The molecule has 19 heavy (non-hydrogen) atoms. The van der Waals surface area contributed by atoms with Crippen LogP contribution in [0.4, 0.5) is 5.69 Å². The van der Waals surface area contributed by atoms with Gasteiger partial charge in [0.1, 0.15) is 0 Å². The summed E-state index contributed by atoms with van der Waals surface area (Å²) in [6.45, 7) is 0.612. The SMILES string of the molecule is CNC(=O)CCCCCNC(=O)c1cccc(N)c1. The first-order valence-electron chi connectivity index (χ1n) is 6.48. The van der Waals surface area contributed by atoms with Gasteiger partial charge in [-0.3, -0.25) is 9.59 Å². The smallest absolute Gasteiger partial charge is 0.251 e. The molecule has 0 fully saturated rings. The third-order valence-electron chi connectivity index (χ3n) is 2.79. The highest BCUT2D eigenvalue weighted by Crippen LogP contribution is 2.06. The van der Waals surface area contributed by atoms with Crippen molar-refractivity contribution in [3.63, 3.8) is 0 Å². The summed E-state index contributed by atoms with van der Waals surface area (Å²) in [5.41, 5.74) is 6.77. The number of carbonyl (C=O) groups excluding carboxylic acids is 2. The van der Waals surface area contributed by atoms with Gasteiger partial charge in [-0.2, -0.15) is 0 Å². The van der Waals surface area contributed by atoms with Gasteiger partial charge in [0, 0.05) is 31.3 Å². The van der Waals surface area contributed by atoms with Gasteiger partial charge in [0.25, 0.3) is 5.91 Å². The Hall–Kier alpha value is -2.04. The van der Waals surface area contributed by atoms with Crippen LogP contribution in [-0.4, -0.2) is 25.4 Å². The van der Waals surface area contributed by atoms with E-state index in [-0.39, 0.29) is 11.8 Å². The van der Waals surface area contributed by atoms with Crippen molar-refractivity contribution in [2.24, 2.45) is 0 Å². The van der Waals surface area contributed by atoms with Crippen LogP contribution in [0.1, 0.15) is 36.0 Å². The minimum Gasteiger partial charge on any atom is -0.399 e. The first-order chi connectivity index (χ1) is 9.13. The van der Waals surface area contributed by atoms with Crippen LogP contribution in [0, 0.1) is 0 Å². The van der Waals surface area contributed by atoms with E-state index < -0.39 is 0 Å². The minimum atomic E-state index is -0.112. The quantitative estimate of drug-likeness (QED) is 0.512. The Morgan fingerprint density at radius 1 is 1.21 bits per heavy atom. The number of hydrogen-bond acceptors (Lipinski definition) is 3. The molecule has 1 rings (SSSR count). The highest BCUT2D eigenvalue weighted by molar-refractivity contribution is 5.94. The molecule has 0 aliphatic carbocycles. The number of anilines is 1. The number of amides is 2. The maximum Gasteiger partial charge on any atom is 0.251 e. The molecule has 5 nitrogen and oxygen atoms in total. The fourth-order valence-electron chi connectivity index (χ4n) is 1.70. The third kappa shape index (κ3) is 5.90. The van der Waals surface area contributed by atoms with Crippen LogP contribution < -0.4 is 16.4 Å². The number of nitrogens with two attached hydrogens (primary N) is 1. The number of nitrogens with one attached hydrogen (secondary N) is 2. The summed E-state index contributed by atoms with van der Waals surface area (Å²) in [5.74, 6) is -0.0533. The first-order valence-corrected chi connectivity index (χ1v) is 6.48. The average Bonchev–Trinajstić information content (AvgIpc) is 2.42. The molecule has 0 unspecified atom stereocenters. The van der Waals surface area contributed by atoms with Gasteiger partial charge in [0.15, 0.2) is 0 Å². The highest BCUT2D eigenvalue weighted by atomic mass is 16.2. The van der Waals surface area contributed by atoms with E-state index in [1.807, 2.05) is 0 Å². The van der Waals surface area contributed by atoms with Gasteiger partial charge in [-0.15, -0.1) is 0 Å². The molecule has 1 aromatic rings. The fourth-order valence-corrected chi connectivity index (χ4v) is 1.70. The summed E-state index contributed by atoms with van der Waals surface area (Å²) in [6, 6.07) is 6.89. The first kappa shape index (κ1) is 15.0. The van der Waals surface area contributed by atoms with Gasteiger partial charge in [0.2, 0.25) is 5.91 Å². The normalized spacial score (nSPS) is 9.95. The molecule has 0 aliphatic heterocycles. The van der Waals surface area contributed by atoms with Crippen molar-refractivity contribution < 1.29 is 9.59 Å². The number of rotatable bonds is 7. The topological polar surface area (TPSA) is 84.2 Å².